The number of nitrogens with zero attached hydrogens (tertiary/aromatic N) is 1. The van der Waals surface area contributed by atoms with Gasteiger partial charge in [0.25, 0.3) is 5.91 Å². The highest BCUT2D eigenvalue weighted by atomic mass is 32.1. The minimum Gasteiger partial charge on any atom is -0.344 e. The lowest BCUT2D eigenvalue weighted by Crippen LogP contribution is -2.27. The van der Waals surface area contributed by atoms with Crippen molar-refractivity contribution in [3.8, 4) is 0 Å². The number of hydrogen-bond acceptors (Lipinski definition) is 5. The predicted molar refractivity (Wildman–Crippen MR) is 91.5 cm³/mol. The number of amides is 2. The number of carbonyl (C=O) groups is 2. The van der Waals surface area contributed by atoms with Crippen LogP contribution in [-0.2, 0) is 11.2 Å². The number of anilines is 1. The molecule has 0 aliphatic carbocycles. The summed E-state index contributed by atoms with van der Waals surface area (Å²) in [5.41, 5.74) is 7.50. The molecule has 0 radical (unpaired) electrons. The Labute approximate surface area is 139 Å². The summed E-state index contributed by atoms with van der Waals surface area (Å²) in [6, 6.07) is 7.19. The van der Waals surface area contributed by atoms with Crippen molar-refractivity contribution in [2.45, 2.75) is 26.3 Å². The minimum absolute atomic E-state index is 0.131. The highest BCUT2D eigenvalue weighted by Gasteiger charge is 2.14. The van der Waals surface area contributed by atoms with Crippen molar-refractivity contribution >= 4 is 28.8 Å². The van der Waals surface area contributed by atoms with Crippen LogP contribution in [0.25, 0.3) is 0 Å². The molecular weight excluding hydrogens is 312 g/mol. The molecular formula is C16H20N4O2S. The molecule has 2 amide bonds. The fraction of sp³-hybridized carbons (Fsp3) is 0.312. The Morgan fingerprint density at radius 2 is 2.17 bits per heavy atom. The fourth-order valence-electron chi connectivity index (χ4n) is 2.10. The molecule has 23 heavy (non-hydrogen) atoms. The van der Waals surface area contributed by atoms with Gasteiger partial charge >= 0.3 is 0 Å². The normalized spacial score (nSPS) is 11.8. The van der Waals surface area contributed by atoms with Gasteiger partial charge in [-0.2, -0.15) is 0 Å². The van der Waals surface area contributed by atoms with Gasteiger partial charge in [-0.15, -0.1) is 11.3 Å². The van der Waals surface area contributed by atoms with E-state index in [4.69, 9.17) is 5.73 Å². The molecule has 122 valence electrons. The number of carbonyl (C=O) groups excluding carboxylic acids is 2. The van der Waals surface area contributed by atoms with E-state index in [0.29, 0.717) is 24.3 Å². The Bertz CT molecular complexity index is 699. The Morgan fingerprint density at radius 1 is 1.39 bits per heavy atom. The molecule has 4 N–H and O–H groups in total. The van der Waals surface area contributed by atoms with Gasteiger partial charge in [0.1, 0.15) is 5.69 Å². The van der Waals surface area contributed by atoms with Gasteiger partial charge in [-0.3, -0.25) is 9.59 Å². The number of aromatic nitrogens is 1. The summed E-state index contributed by atoms with van der Waals surface area (Å²) in [7, 11) is 0. The van der Waals surface area contributed by atoms with E-state index in [2.05, 4.69) is 15.6 Å². The third kappa shape index (κ3) is 4.87. The van der Waals surface area contributed by atoms with Crippen LogP contribution in [0.5, 0.6) is 0 Å². The molecule has 0 saturated carbocycles. The standard InChI is InChI=1S/C16H20N4O2S/c1-10(12-4-3-5-13(8-12)19-11(2)21)18-16(22)14-9-23-15(20-14)6-7-17/h3-5,8-10H,6-7,17H2,1-2H3,(H,18,22)(H,19,21). The van der Waals surface area contributed by atoms with Crippen molar-refractivity contribution in [3.05, 3.63) is 45.9 Å². The van der Waals surface area contributed by atoms with Crippen molar-refractivity contribution in [2.24, 2.45) is 5.73 Å². The second-order valence-corrected chi connectivity index (χ2v) is 6.11. The van der Waals surface area contributed by atoms with Gasteiger partial charge in [0, 0.05) is 24.4 Å². The van der Waals surface area contributed by atoms with Crippen LogP contribution >= 0.6 is 11.3 Å². The van der Waals surface area contributed by atoms with Crippen LogP contribution in [-0.4, -0.2) is 23.3 Å². The van der Waals surface area contributed by atoms with Crippen molar-refractivity contribution < 1.29 is 9.59 Å². The summed E-state index contributed by atoms with van der Waals surface area (Å²) in [6.45, 7) is 3.86. The molecule has 0 aliphatic rings. The number of nitrogens with one attached hydrogen (secondary N) is 2. The Balaban J connectivity index is 2.04. The molecule has 7 heteroatoms. The molecule has 1 unspecified atom stereocenters. The zero-order valence-electron chi connectivity index (χ0n) is 13.1. The van der Waals surface area contributed by atoms with E-state index >= 15 is 0 Å². The predicted octanol–water partition coefficient (Wildman–Crippen LogP) is 2.09. The summed E-state index contributed by atoms with van der Waals surface area (Å²) in [5.74, 6) is -0.351. The van der Waals surface area contributed by atoms with E-state index in [0.717, 1.165) is 10.6 Å². The fourth-order valence-corrected chi connectivity index (χ4v) is 2.89. The first kappa shape index (κ1) is 17.1. The van der Waals surface area contributed by atoms with E-state index in [-0.39, 0.29) is 17.9 Å². The van der Waals surface area contributed by atoms with E-state index in [1.807, 2.05) is 25.1 Å². The lowest BCUT2D eigenvalue weighted by molar-refractivity contribution is -0.114. The number of nitrogens with two attached hydrogens (primary N) is 1. The van der Waals surface area contributed by atoms with Gasteiger partial charge in [0.15, 0.2) is 0 Å². The Kier molecular flexibility index (Phi) is 5.84. The van der Waals surface area contributed by atoms with Crippen LogP contribution in [0, 0.1) is 0 Å². The monoisotopic (exact) mass is 332 g/mol. The SMILES string of the molecule is CC(=O)Nc1cccc(C(C)NC(=O)c2csc(CCN)n2)c1. The summed E-state index contributed by atoms with van der Waals surface area (Å²) in [6.07, 6.45) is 0.673. The molecule has 0 saturated heterocycles. The minimum atomic E-state index is -0.220. The quantitative estimate of drug-likeness (QED) is 0.754. The first-order valence-corrected chi connectivity index (χ1v) is 8.20. The van der Waals surface area contributed by atoms with Crippen molar-refractivity contribution in [3.63, 3.8) is 0 Å². The smallest absolute Gasteiger partial charge is 0.271 e. The highest BCUT2D eigenvalue weighted by molar-refractivity contribution is 7.09. The maximum absolute atomic E-state index is 12.2. The molecule has 1 aromatic heterocycles. The summed E-state index contributed by atoms with van der Waals surface area (Å²) < 4.78 is 0. The summed E-state index contributed by atoms with van der Waals surface area (Å²) >= 11 is 1.44. The largest absolute Gasteiger partial charge is 0.344 e. The van der Waals surface area contributed by atoms with Gasteiger partial charge < -0.3 is 16.4 Å². The van der Waals surface area contributed by atoms with Gasteiger partial charge in [-0.1, -0.05) is 12.1 Å². The van der Waals surface area contributed by atoms with Crippen LogP contribution in [0.4, 0.5) is 5.69 Å². The number of hydrogen-bond donors (Lipinski definition) is 3. The first-order valence-electron chi connectivity index (χ1n) is 7.32. The van der Waals surface area contributed by atoms with Gasteiger partial charge in [0.05, 0.1) is 11.0 Å². The second-order valence-electron chi connectivity index (χ2n) is 5.17. The zero-order chi connectivity index (χ0) is 16.8. The maximum Gasteiger partial charge on any atom is 0.271 e. The van der Waals surface area contributed by atoms with Crippen molar-refractivity contribution in [2.75, 3.05) is 11.9 Å². The first-order chi connectivity index (χ1) is 11.0. The zero-order valence-corrected chi connectivity index (χ0v) is 13.9. The van der Waals surface area contributed by atoms with E-state index in [1.165, 1.54) is 18.3 Å². The van der Waals surface area contributed by atoms with Crippen molar-refractivity contribution in [1.29, 1.82) is 0 Å². The van der Waals surface area contributed by atoms with Crippen LogP contribution in [0.2, 0.25) is 0 Å². The highest BCUT2D eigenvalue weighted by Crippen LogP contribution is 2.18. The van der Waals surface area contributed by atoms with Gasteiger partial charge in [-0.05, 0) is 31.2 Å². The van der Waals surface area contributed by atoms with Crippen molar-refractivity contribution in [1.82, 2.24) is 10.3 Å². The molecule has 0 spiro atoms. The van der Waals surface area contributed by atoms with Crippen LogP contribution < -0.4 is 16.4 Å². The molecule has 0 aliphatic heterocycles. The molecule has 1 atom stereocenters. The van der Waals surface area contributed by atoms with E-state index < -0.39 is 0 Å². The Hall–Kier alpha value is -2.25. The topological polar surface area (TPSA) is 97.1 Å². The second kappa shape index (κ2) is 7.85. The molecule has 0 fully saturated rings. The number of benzene rings is 1. The summed E-state index contributed by atoms with van der Waals surface area (Å²) in [5, 5.41) is 8.23. The third-order valence-corrected chi connectivity index (χ3v) is 4.11. The molecule has 1 aromatic carbocycles. The van der Waals surface area contributed by atoms with Gasteiger partial charge in [0.2, 0.25) is 5.91 Å². The number of rotatable bonds is 6. The molecule has 1 heterocycles. The van der Waals surface area contributed by atoms with E-state index in [1.54, 1.807) is 11.4 Å². The lowest BCUT2D eigenvalue weighted by atomic mass is 10.1. The average molecular weight is 332 g/mol. The molecule has 2 aromatic rings. The molecule has 2 rings (SSSR count). The average Bonchev–Trinajstić information content (AvgIpc) is 2.96. The van der Waals surface area contributed by atoms with Crippen LogP contribution in [0.1, 0.15) is 40.9 Å². The third-order valence-electron chi connectivity index (χ3n) is 3.20. The maximum atomic E-state index is 12.2. The van der Waals surface area contributed by atoms with Crippen LogP contribution in [0.15, 0.2) is 29.6 Å². The number of thiazole rings is 1. The van der Waals surface area contributed by atoms with Crippen LogP contribution in [0.3, 0.4) is 0 Å². The van der Waals surface area contributed by atoms with E-state index in [9.17, 15) is 9.59 Å². The Morgan fingerprint density at radius 3 is 2.87 bits per heavy atom. The summed E-state index contributed by atoms with van der Waals surface area (Å²) in [4.78, 5) is 27.6. The molecule has 6 nitrogen and oxygen atoms in total. The lowest BCUT2D eigenvalue weighted by Gasteiger charge is -2.14. The molecule has 0 bridgehead atoms. The van der Waals surface area contributed by atoms with Gasteiger partial charge in [-0.25, -0.2) is 4.98 Å².